The van der Waals surface area contributed by atoms with Crippen LogP contribution in [0.15, 0.2) is 24.3 Å². The van der Waals surface area contributed by atoms with Gasteiger partial charge in [0.2, 0.25) is 0 Å². The summed E-state index contributed by atoms with van der Waals surface area (Å²) in [6, 6.07) is 8.55. The average molecular weight is 207 g/mol. The molecule has 0 aliphatic carbocycles. The third kappa shape index (κ3) is 2.94. The largest absolute Gasteiger partial charge is 0.497 e. The van der Waals surface area contributed by atoms with Gasteiger partial charge in [-0.05, 0) is 24.6 Å². The molecule has 0 bridgehead atoms. The van der Waals surface area contributed by atoms with Crippen molar-refractivity contribution in [2.45, 2.75) is 25.6 Å². The van der Waals surface area contributed by atoms with Crippen LogP contribution in [0.5, 0.6) is 5.75 Å². The topological polar surface area (TPSA) is 33.8 Å². The van der Waals surface area contributed by atoms with Crippen LogP contribution in [-0.4, -0.2) is 25.9 Å². The molecule has 0 amide bonds. The highest BCUT2D eigenvalue weighted by Crippen LogP contribution is 2.15. The molecule has 1 heterocycles. The first-order valence-electron chi connectivity index (χ1n) is 5.27. The summed E-state index contributed by atoms with van der Waals surface area (Å²) in [6.07, 6.45) is 0.420. The average Bonchev–Trinajstić information content (AvgIpc) is 3.10. The Hall–Kier alpha value is -1.06. The molecule has 1 aromatic rings. The molecule has 1 N–H and O–H groups in total. The molecule has 0 unspecified atom stereocenters. The normalized spacial score (nSPS) is 21.1. The van der Waals surface area contributed by atoms with Gasteiger partial charge in [-0.25, -0.2) is 0 Å². The lowest BCUT2D eigenvalue weighted by Crippen LogP contribution is -2.30. The van der Waals surface area contributed by atoms with E-state index in [2.05, 4.69) is 24.4 Å². The second-order valence-corrected chi connectivity index (χ2v) is 3.89. The minimum absolute atomic E-state index is 0.420. The van der Waals surface area contributed by atoms with Crippen molar-refractivity contribution in [3.8, 4) is 5.75 Å². The van der Waals surface area contributed by atoms with Gasteiger partial charge in [0.15, 0.2) is 0 Å². The quantitative estimate of drug-likeness (QED) is 0.744. The summed E-state index contributed by atoms with van der Waals surface area (Å²) in [4.78, 5) is 0. The Morgan fingerprint density at radius 3 is 2.67 bits per heavy atom. The molecular formula is C12H17NO2. The van der Waals surface area contributed by atoms with E-state index in [4.69, 9.17) is 9.47 Å². The maximum atomic E-state index is 5.21. The van der Waals surface area contributed by atoms with Crippen LogP contribution < -0.4 is 10.1 Å². The molecule has 2 atom stereocenters. The fourth-order valence-corrected chi connectivity index (χ4v) is 1.50. The van der Waals surface area contributed by atoms with Crippen molar-refractivity contribution in [2.75, 3.05) is 13.7 Å². The van der Waals surface area contributed by atoms with Gasteiger partial charge in [-0.2, -0.15) is 0 Å². The zero-order valence-corrected chi connectivity index (χ0v) is 9.19. The van der Waals surface area contributed by atoms with Gasteiger partial charge in [0.1, 0.15) is 5.75 Å². The Bertz CT molecular complexity index is 306. The van der Waals surface area contributed by atoms with Crippen LogP contribution in [0.4, 0.5) is 0 Å². The molecule has 3 heteroatoms. The van der Waals surface area contributed by atoms with Crippen molar-refractivity contribution in [3.63, 3.8) is 0 Å². The van der Waals surface area contributed by atoms with E-state index in [1.165, 1.54) is 5.56 Å². The van der Waals surface area contributed by atoms with E-state index in [0.717, 1.165) is 18.9 Å². The number of nitrogens with one attached hydrogen (secondary N) is 1. The van der Waals surface area contributed by atoms with Crippen LogP contribution in [-0.2, 0) is 11.3 Å². The van der Waals surface area contributed by atoms with Gasteiger partial charge in [-0.3, -0.25) is 0 Å². The summed E-state index contributed by atoms with van der Waals surface area (Å²) in [7, 11) is 1.68. The van der Waals surface area contributed by atoms with E-state index in [1.54, 1.807) is 7.11 Å². The molecule has 0 spiro atoms. The lowest BCUT2D eigenvalue weighted by molar-refractivity contribution is 0.351. The highest BCUT2D eigenvalue weighted by atomic mass is 16.6. The monoisotopic (exact) mass is 207 g/mol. The van der Waals surface area contributed by atoms with E-state index in [9.17, 15) is 0 Å². The van der Waals surface area contributed by atoms with Crippen molar-refractivity contribution in [3.05, 3.63) is 29.8 Å². The Balaban J connectivity index is 1.81. The smallest absolute Gasteiger partial charge is 0.118 e. The van der Waals surface area contributed by atoms with Gasteiger partial charge in [0, 0.05) is 12.6 Å². The van der Waals surface area contributed by atoms with Crippen molar-refractivity contribution in [2.24, 2.45) is 0 Å². The van der Waals surface area contributed by atoms with Gasteiger partial charge in [-0.1, -0.05) is 12.1 Å². The minimum atomic E-state index is 0.420. The second-order valence-electron chi connectivity index (χ2n) is 3.89. The van der Waals surface area contributed by atoms with Crippen LogP contribution in [0.2, 0.25) is 0 Å². The maximum Gasteiger partial charge on any atom is 0.118 e. The lowest BCUT2D eigenvalue weighted by atomic mass is 10.2. The summed E-state index contributed by atoms with van der Waals surface area (Å²) < 4.78 is 10.3. The number of rotatable bonds is 5. The number of benzene rings is 1. The summed E-state index contributed by atoms with van der Waals surface area (Å²) in [6.45, 7) is 3.93. The van der Waals surface area contributed by atoms with Gasteiger partial charge in [-0.15, -0.1) is 0 Å². The first kappa shape index (κ1) is 10.5. The Morgan fingerprint density at radius 1 is 1.47 bits per heavy atom. The van der Waals surface area contributed by atoms with Crippen molar-refractivity contribution in [1.29, 1.82) is 0 Å². The summed E-state index contributed by atoms with van der Waals surface area (Å²) in [5.74, 6) is 0.900. The van der Waals surface area contributed by atoms with E-state index >= 15 is 0 Å². The SMILES string of the molecule is COc1ccc(CN[C@@H](C)[C@H]2CO2)cc1. The first-order valence-corrected chi connectivity index (χ1v) is 5.27. The van der Waals surface area contributed by atoms with Gasteiger partial charge < -0.3 is 14.8 Å². The number of methoxy groups -OCH3 is 1. The maximum absolute atomic E-state index is 5.21. The fourth-order valence-electron chi connectivity index (χ4n) is 1.50. The van der Waals surface area contributed by atoms with E-state index in [-0.39, 0.29) is 0 Å². The molecule has 0 saturated carbocycles. The molecule has 2 rings (SSSR count). The molecule has 1 saturated heterocycles. The molecule has 1 aromatic carbocycles. The Labute approximate surface area is 90.4 Å². The third-order valence-electron chi connectivity index (χ3n) is 2.70. The lowest BCUT2D eigenvalue weighted by Gasteiger charge is -2.11. The van der Waals surface area contributed by atoms with Gasteiger partial charge >= 0.3 is 0 Å². The molecule has 1 aliphatic rings. The molecule has 3 nitrogen and oxygen atoms in total. The van der Waals surface area contributed by atoms with Crippen molar-refractivity contribution >= 4 is 0 Å². The molecule has 0 radical (unpaired) electrons. The number of ether oxygens (including phenoxy) is 2. The number of hydrogen-bond donors (Lipinski definition) is 1. The summed E-state index contributed by atoms with van der Waals surface area (Å²) >= 11 is 0. The minimum Gasteiger partial charge on any atom is -0.497 e. The van der Waals surface area contributed by atoms with Crippen LogP contribution in [0.25, 0.3) is 0 Å². The zero-order valence-electron chi connectivity index (χ0n) is 9.19. The number of hydrogen-bond acceptors (Lipinski definition) is 3. The van der Waals surface area contributed by atoms with E-state index in [0.29, 0.717) is 12.1 Å². The molecule has 0 aromatic heterocycles. The highest BCUT2D eigenvalue weighted by Gasteiger charge is 2.28. The zero-order chi connectivity index (χ0) is 10.7. The van der Waals surface area contributed by atoms with Crippen LogP contribution in [0.3, 0.4) is 0 Å². The summed E-state index contributed by atoms with van der Waals surface area (Å²) in [5.41, 5.74) is 1.27. The Kier molecular flexibility index (Phi) is 3.23. The number of epoxide rings is 1. The van der Waals surface area contributed by atoms with Crippen LogP contribution >= 0.6 is 0 Å². The van der Waals surface area contributed by atoms with Crippen LogP contribution in [0, 0.1) is 0 Å². The predicted octanol–water partition coefficient (Wildman–Crippen LogP) is 1.57. The van der Waals surface area contributed by atoms with Crippen molar-refractivity contribution < 1.29 is 9.47 Å². The Morgan fingerprint density at radius 2 is 2.13 bits per heavy atom. The molecule has 1 fully saturated rings. The third-order valence-corrected chi connectivity index (χ3v) is 2.70. The predicted molar refractivity (Wildman–Crippen MR) is 59.0 cm³/mol. The highest BCUT2D eigenvalue weighted by molar-refractivity contribution is 5.27. The van der Waals surface area contributed by atoms with Gasteiger partial charge in [0.25, 0.3) is 0 Å². The van der Waals surface area contributed by atoms with Gasteiger partial charge in [0.05, 0.1) is 19.8 Å². The van der Waals surface area contributed by atoms with E-state index < -0.39 is 0 Å². The fraction of sp³-hybridized carbons (Fsp3) is 0.500. The second kappa shape index (κ2) is 4.64. The van der Waals surface area contributed by atoms with Crippen molar-refractivity contribution in [1.82, 2.24) is 5.32 Å². The first-order chi connectivity index (χ1) is 7.29. The molecule has 15 heavy (non-hydrogen) atoms. The summed E-state index contributed by atoms with van der Waals surface area (Å²) in [5, 5.41) is 3.43. The molecule has 82 valence electrons. The van der Waals surface area contributed by atoms with Crippen LogP contribution in [0.1, 0.15) is 12.5 Å². The standard InChI is InChI=1S/C12H17NO2/c1-9(12-8-15-12)13-7-10-3-5-11(14-2)6-4-10/h3-6,9,12-13H,7-8H2,1-2H3/t9-,12+/m0/s1. The van der Waals surface area contributed by atoms with E-state index in [1.807, 2.05) is 12.1 Å². The molecule has 1 aliphatic heterocycles. The molecular weight excluding hydrogens is 190 g/mol.